The molecule has 0 amide bonds. The summed E-state index contributed by atoms with van der Waals surface area (Å²) in [4.78, 5) is 11.3. The Kier molecular flexibility index (Phi) is 2.85. The molecule has 0 aliphatic heterocycles. The van der Waals surface area contributed by atoms with Gasteiger partial charge in [0.05, 0.1) is 0 Å². The Bertz CT molecular complexity index is 303. The Labute approximate surface area is 101 Å². The minimum Gasteiger partial charge on any atom is -0.430 e. The van der Waals surface area contributed by atoms with Crippen molar-refractivity contribution in [2.24, 2.45) is 16.7 Å². The van der Waals surface area contributed by atoms with E-state index in [1.165, 1.54) is 6.42 Å². The Hall–Kier alpha value is -0.440. The first-order valence-corrected chi connectivity index (χ1v) is 6.34. The van der Waals surface area contributed by atoms with Gasteiger partial charge >= 0.3 is 6.16 Å². The molecule has 2 aliphatic carbocycles. The quantitative estimate of drug-likeness (QED) is 0.552. The summed E-state index contributed by atoms with van der Waals surface area (Å²) in [6.45, 7) is 6.78. The zero-order chi connectivity index (χ0) is 12.0. The number of fused-ring (bicyclic) bond motifs is 2. The Morgan fingerprint density at radius 1 is 1.44 bits per heavy atom. The van der Waals surface area contributed by atoms with Gasteiger partial charge in [0.2, 0.25) is 0 Å². The van der Waals surface area contributed by atoms with Gasteiger partial charge in [0, 0.05) is 5.41 Å². The summed E-state index contributed by atoms with van der Waals surface area (Å²) >= 11 is 5.33. The zero-order valence-electron chi connectivity index (χ0n) is 10.1. The zero-order valence-corrected chi connectivity index (χ0v) is 10.8. The van der Waals surface area contributed by atoms with E-state index in [1.807, 2.05) is 0 Å². The minimum atomic E-state index is -0.635. The first-order valence-electron chi connectivity index (χ1n) is 5.81. The normalized spacial score (nSPS) is 39.8. The van der Waals surface area contributed by atoms with Crippen LogP contribution < -0.4 is 0 Å². The van der Waals surface area contributed by atoms with Gasteiger partial charge in [0.1, 0.15) is 6.10 Å². The van der Waals surface area contributed by atoms with Crippen molar-refractivity contribution in [3.8, 4) is 0 Å². The second-order valence-corrected chi connectivity index (χ2v) is 5.94. The molecule has 4 heteroatoms. The monoisotopic (exact) mass is 246 g/mol. The van der Waals surface area contributed by atoms with Gasteiger partial charge in [-0.15, -0.1) is 0 Å². The molecule has 0 spiro atoms. The number of alkyl halides is 1. The Morgan fingerprint density at radius 2 is 2.12 bits per heavy atom. The fourth-order valence-electron chi connectivity index (χ4n) is 3.50. The maximum absolute atomic E-state index is 11.3. The van der Waals surface area contributed by atoms with E-state index < -0.39 is 6.16 Å². The first-order chi connectivity index (χ1) is 7.41. The van der Waals surface area contributed by atoms with Crippen molar-refractivity contribution in [1.82, 2.24) is 0 Å². The highest BCUT2D eigenvalue weighted by Crippen LogP contribution is 2.66. The number of ether oxygens (including phenoxy) is 2. The third-order valence-corrected chi connectivity index (χ3v) is 5.23. The van der Waals surface area contributed by atoms with Crippen molar-refractivity contribution in [1.29, 1.82) is 0 Å². The molecular formula is C12H19ClO3. The molecule has 2 aliphatic rings. The standard InChI is InChI=1S/C12H19ClO3/c1-11(2)8-4-5-12(11,3)9(6-8)16-10(14)15-7-13/h8-9H,4-7H2,1-3H3. The number of hydrogen-bond donors (Lipinski definition) is 0. The van der Waals surface area contributed by atoms with Crippen LogP contribution in [0.15, 0.2) is 0 Å². The summed E-state index contributed by atoms with van der Waals surface area (Å²) in [6.07, 6.45) is 2.68. The van der Waals surface area contributed by atoms with Gasteiger partial charge in [-0.1, -0.05) is 32.4 Å². The average Bonchev–Trinajstić information content (AvgIpc) is 2.51. The molecule has 92 valence electrons. The maximum atomic E-state index is 11.3. The van der Waals surface area contributed by atoms with E-state index >= 15 is 0 Å². The van der Waals surface area contributed by atoms with E-state index in [9.17, 15) is 4.79 Å². The van der Waals surface area contributed by atoms with Crippen molar-refractivity contribution in [2.45, 2.75) is 46.1 Å². The van der Waals surface area contributed by atoms with Crippen molar-refractivity contribution in [3.63, 3.8) is 0 Å². The van der Waals surface area contributed by atoms with Gasteiger partial charge in [0.15, 0.2) is 6.07 Å². The average molecular weight is 247 g/mol. The summed E-state index contributed by atoms with van der Waals surface area (Å²) in [5, 5.41) is 0. The van der Waals surface area contributed by atoms with E-state index in [2.05, 4.69) is 25.5 Å². The summed E-state index contributed by atoms with van der Waals surface area (Å²) in [7, 11) is 0. The van der Waals surface area contributed by atoms with Crippen LogP contribution in [0.2, 0.25) is 0 Å². The third-order valence-electron chi connectivity index (χ3n) is 5.12. The highest BCUT2D eigenvalue weighted by Gasteiger charge is 2.63. The van der Waals surface area contributed by atoms with Crippen LogP contribution in [0.25, 0.3) is 0 Å². The van der Waals surface area contributed by atoms with Crippen LogP contribution in [-0.4, -0.2) is 18.3 Å². The first kappa shape index (κ1) is 12.0. The van der Waals surface area contributed by atoms with Crippen LogP contribution in [0.3, 0.4) is 0 Å². The second kappa shape index (κ2) is 3.80. The van der Waals surface area contributed by atoms with Gasteiger partial charge in [-0.25, -0.2) is 4.79 Å². The molecule has 0 aromatic carbocycles. The van der Waals surface area contributed by atoms with Gasteiger partial charge in [-0.3, -0.25) is 0 Å². The van der Waals surface area contributed by atoms with Crippen LogP contribution in [0.1, 0.15) is 40.0 Å². The molecule has 2 rings (SSSR count). The van der Waals surface area contributed by atoms with Crippen molar-refractivity contribution < 1.29 is 14.3 Å². The maximum Gasteiger partial charge on any atom is 0.509 e. The lowest BCUT2D eigenvalue weighted by Gasteiger charge is -2.38. The van der Waals surface area contributed by atoms with E-state index in [0.717, 1.165) is 12.8 Å². The Balaban J connectivity index is 2.07. The van der Waals surface area contributed by atoms with Crippen LogP contribution in [-0.2, 0) is 9.47 Å². The predicted molar refractivity (Wildman–Crippen MR) is 61.3 cm³/mol. The number of hydrogen-bond acceptors (Lipinski definition) is 3. The van der Waals surface area contributed by atoms with Crippen molar-refractivity contribution >= 4 is 17.8 Å². The summed E-state index contributed by atoms with van der Waals surface area (Å²) in [6, 6.07) is -0.144. The minimum absolute atomic E-state index is 0.0167. The van der Waals surface area contributed by atoms with E-state index in [-0.39, 0.29) is 23.0 Å². The fourth-order valence-corrected chi connectivity index (χ4v) is 3.59. The number of carbonyl (C=O) groups is 1. The van der Waals surface area contributed by atoms with Crippen LogP contribution in [0.5, 0.6) is 0 Å². The predicted octanol–water partition coefficient (Wildman–Crippen LogP) is 3.55. The SMILES string of the molecule is CC1(C)C2CCC1(C)C(OC(=O)OCCl)C2. The molecule has 0 saturated heterocycles. The number of carbonyl (C=O) groups excluding carboxylic acids is 1. The molecule has 0 N–H and O–H groups in total. The molecule has 0 aromatic heterocycles. The van der Waals surface area contributed by atoms with Gasteiger partial charge < -0.3 is 9.47 Å². The highest BCUT2D eigenvalue weighted by molar-refractivity contribution is 6.17. The number of rotatable bonds is 2. The lowest BCUT2D eigenvalue weighted by atomic mass is 9.70. The molecule has 0 heterocycles. The summed E-state index contributed by atoms with van der Waals surface area (Å²) in [5.74, 6) is 0.659. The van der Waals surface area contributed by atoms with Gasteiger partial charge in [0.25, 0.3) is 0 Å². The van der Waals surface area contributed by atoms with E-state index in [0.29, 0.717) is 5.92 Å². The van der Waals surface area contributed by atoms with Crippen molar-refractivity contribution in [2.75, 3.05) is 6.07 Å². The van der Waals surface area contributed by atoms with E-state index in [4.69, 9.17) is 16.3 Å². The van der Waals surface area contributed by atoms with E-state index in [1.54, 1.807) is 0 Å². The molecule has 3 nitrogen and oxygen atoms in total. The third kappa shape index (κ3) is 1.52. The molecule has 2 bridgehead atoms. The summed E-state index contributed by atoms with van der Waals surface area (Å²) in [5.41, 5.74) is 0.335. The van der Waals surface area contributed by atoms with Crippen LogP contribution >= 0.6 is 11.6 Å². The lowest BCUT2D eigenvalue weighted by Crippen LogP contribution is -2.38. The number of halogens is 1. The van der Waals surface area contributed by atoms with Gasteiger partial charge in [-0.2, -0.15) is 0 Å². The molecule has 3 atom stereocenters. The molecule has 2 saturated carbocycles. The lowest BCUT2D eigenvalue weighted by molar-refractivity contribution is -0.0339. The molecule has 3 unspecified atom stereocenters. The van der Waals surface area contributed by atoms with Crippen molar-refractivity contribution in [3.05, 3.63) is 0 Å². The topological polar surface area (TPSA) is 35.5 Å². The van der Waals surface area contributed by atoms with Crippen LogP contribution in [0, 0.1) is 16.7 Å². The highest BCUT2D eigenvalue weighted by atomic mass is 35.5. The smallest absolute Gasteiger partial charge is 0.430 e. The molecule has 0 aromatic rings. The fraction of sp³-hybridized carbons (Fsp3) is 0.917. The Morgan fingerprint density at radius 3 is 2.56 bits per heavy atom. The molecule has 2 fully saturated rings. The summed E-state index contributed by atoms with van der Waals surface area (Å²) < 4.78 is 10.0. The largest absolute Gasteiger partial charge is 0.509 e. The molecular weight excluding hydrogens is 228 g/mol. The van der Waals surface area contributed by atoms with Gasteiger partial charge in [-0.05, 0) is 30.6 Å². The molecule has 0 radical (unpaired) electrons. The van der Waals surface area contributed by atoms with Crippen LogP contribution in [0.4, 0.5) is 4.79 Å². The second-order valence-electron chi connectivity index (χ2n) is 5.72. The molecule has 16 heavy (non-hydrogen) atoms.